The minimum absolute atomic E-state index is 0.0153. The Balaban J connectivity index is 1.84. The van der Waals surface area contributed by atoms with Crippen molar-refractivity contribution in [3.05, 3.63) is 34.9 Å². The van der Waals surface area contributed by atoms with Crippen molar-refractivity contribution in [1.29, 1.82) is 0 Å². The van der Waals surface area contributed by atoms with Crippen LogP contribution >= 0.6 is 0 Å². The van der Waals surface area contributed by atoms with Crippen molar-refractivity contribution in [2.45, 2.75) is 52.0 Å². The maximum absolute atomic E-state index is 12.3. The van der Waals surface area contributed by atoms with E-state index in [9.17, 15) is 9.59 Å². The summed E-state index contributed by atoms with van der Waals surface area (Å²) in [4.78, 5) is 24.3. The summed E-state index contributed by atoms with van der Waals surface area (Å²) in [6, 6.07) is 5.86. The summed E-state index contributed by atoms with van der Waals surface area (Å²) in [7, 11) is 0. The number of hydrogen-bond acceptors (Lipinski definition) is 3. The molecule has 1 aliphatic rings. The molecule has 0 heterocycles. The molecule has 0 radical (unpaired) electrons. The van der Waals surface area contributed by atoms with Gasteiger partial charge in [-0.2, -0.15) is 0 Å². The van der Waals surface area contributed by atoms with E-state index in [2.05, 4.69) is 5.32 Å². The van der Waals surface area contributed by atoms with Gasteiger partial charge in [0, 0.05) is 31.1 Å². The first kappa shape index (κ1) is 16.7. The van der Waals surface area contributed by atoms with Crippen molar-refractivity contribution in [2.24, 2.45) is 5.92 Å². The van der Waals surface area contributed by atoms with E-state index in [1.807, 2.05) is 32.0 Å². The first-order valence-corrected chi connectivity index (χ1v) is 8.02. The Bertz CT molecular complexity index is 549. The van der Waals surface area contributed by atoms with Crippen LogP contribution < -0.4 is 5.32 Å². The van der Waals surface area contributed by atoms with E-state index in [1.54, 1.807) is 0 Å². The number of amides is 1. The molecule has 2 N–H and O–H groups in total. The highest BCUT2D eigenvalue weighted by atomic mass is 16.3. The second-order valence-corrected chi connectivity index (χ2v) is 6.27. The first-order chi connectivity index (χ1) is 10.5. The molecule has 1 saturated carbocycles. The third-order valence-electron chi connectivity index (χ3n) is 4.25. The Labute approximate surface area is 131 Å². The molecule has 1 aromatic carbocycles. The summed E-state index contributed by atoms with van der Waals surface area (Å²) >= 11 is 0. The molecule has 2 rings (SSSR count). The highest BCUT2D eigenvalue weighted by molar-refractivity contribution is 5.99. The third kappa shape index (κ3) is 4.67. The molecule has 1 aromatic rings. The zero-order valence-corrected chi connectivity index (χ0v) is 13.4. The Kier molecular flexibility index (Phi) is 5.72. The maximum Gasteiger partial charge on any atom is 0.220 e. The Morgan fingerprint density at radius 1 is 1.27 bits per heavy atom. The number of aliphatic hydroxyl groups is 1. The predicted octanol–water partition coefficient (Wildman–Crippen LogP) is 2.54. The lowest BCUT2D eigenvalue weighted by atomic mass is 9.99. The van der Waals surface area contributed by atoms with Crippen LogP contribution in [0.2, 0.25) is 0 Å². The number of rotatable bonds is 8. The van der Waals surface area contributed by atoms with Gasteiger partial charge in [0.25, 0.3) is 0 Å². The quantitative estimate of drug-likeness (QED) is 0.725. The maximum atomic E-state index is 12.3. The van der Waals surface area contributed by atoms with Crippen LogP contribution in [0.3, 0.4) is 0 Å². The number of hydrogen-bond donors (Lipinski definition) is 2. The highest BCUT2D eigenvalue weighted by Crippen LogP contribution is 2.33. The topological polar surface area (TPSA) is 66.4 Å². The molecule has 22 heavy (non-hydrogen) atoms. The Hall–Kier alpha value is -1.68. The van der Waals surface area contributed by atoms with Gasteiger partial charge >= 0.3 is 0 Å². The van der Waals surface area contributed by atoms with Gasteiger partial charge in [-0.15, -0.1) is 0 Å². The monoisotopic (exact) mass is 303 g/mol. The molecule has 1 unspecified atom stereocenters. The van der Waals surface area contributed by atoms with Crippen molar-refractivity contribution in [3.63, 3.8) is 0 Å². The van der Waals surface area contributed by atoms with Gasteiger partial charge in [0.2, 0.25) is 5.91 Å². The summed E-state index contributed by atoms with van der Waals surface area (Å²) < 4.78 is 0. The van der Waals surface area contributed by atoms with Crippen LogP contribution in [0.4, 0.5) is 0 Å². The van der Waals surface area contributed by atoms with Crippen molar-refractivity contribution in [2.75, 3.05) is 6.61 Å². The number of nitrogens with one attached hydrogen (secondary N) is 1. The van der Waals surface area contributed by atoms with Gasteiger partial charge in [0.1, 0.15) is 0 Å². The average Bonchev–Trinajstić information content (AvgIpc) is 3.31. The van der Waals surface area contributed by atoms with E-state index in [4.69, 9.17) is 5.11 Å². The minimum Gasteiger partial charge on any atom is -0.396 e. The Morgan fingerprint density at radius 3 is 2.64 bits per heavy atom. The molecule has 1 atom stereocenters. The van der Waals surface area contributed by atoms with Crippen molar-refractivity contribution in [1.82, 2.24) is 5.32 Å². The molecule has 0 saturated heterocycles. The standard InChI is InChI=1S/C18H25NO3/c1-12-3-4-13(2)15(11-12)17(21)7-8-18(22)19-16(9-10-20)14-5-6-14/h3-4,11,14,16,20H,5-10H2,1-2H3,(H,19,22). The van der Waals surface area contributed by atoms with Crippen LogP contribution in [-0.4, -0.2) is 29.4 Å². The van der Waals surface area contributed by atoms with Gasteiger partial charge in [-0.05, 0) is 50.7 Å². The fourth-order valence-electron chi connectivity index (χ4n) is 2.74. The molecular formula is C18H25NO3. The number of carbonyl (C=O) groups is 2. The lowest BCUT2D eigenvalue weighted by Gasteiger charge is -2.17. The number of aryl methyl sites for hydroxylation is 2. The lowest BCUT2D eigenvalue weighted by Crippen LogP contribution is -2.37. The van der Waals surface area contributed by atoms with Gasteiger partial charge in [-0.25, -0.2) is 0 Å². The molecule has 0 aliphatic heterocycles. The van der Waals surface area contributed by atoms with Gasteiger partial charge in [-0.1, -0.05) is 17.7 Å². The molecule has 1 amide bonds. The summed E-state index contributed by atoms with van der Waals surface area (Å²) in [5.41, 5.74) is 2.71. The molecular weight excluding hydrogens is 278 g/mol. The van der Waals surface area contributed by atoms with Crippen LogP contribution in [0.15, 0.2) is 18.2 Å². The molecule has 120 valence electrons. The van der Waals surface area contributed by atoms with Crippen molar-refractivity contribution < 1.29 is 14.7 Å². The van der Waals surface area contributed by atoms with Crippen LogP contribution in [0.1, 0.15) is 53.6 Å². The molecule has 0 bridgehead atoms. The van der Waals surface area contributed by atoms with E-state index >= 15 is 0 Å². The predicted molar refractivity (Wildman–Crippen MR) is 85.8 cm³/mol. The summed E-state index contributed by atoms with van der Waals surface area (Å²) in [6.07, 6.45) is 3.27. The van der Waals surface area contributed by atoms with Crippen LogP contribution in [-0.2, 0) is 4.79 Å². The van der Waals surface area contributed by atoms with E-state index in [-0.39, 0.29) is 37.2 Å². The fourth-order valence-corrected chi connectivity index (χ4v) is 2.74. The number of ketones is 1. The van der Waals surface area contributed by atoms with Crippen LogP contribution in [0, 0.1) is 19.8 Å². The molecule has 0 aromatic heterocycles. The van der Waals surface area contributed by atoms with E-state index < -0.39 is 0 Å². The van der Waals surface area contributed by atoms with Gasteiger partial charge in [0.05, 0.1) is 0 Å². The van der Waals surface area contributed by atoms with Crippen molar-refractivity contribution >= 4 is 11.7 Å². The summed E-state index contributed by atoms with van der Waals surface area (Å²) in [5.74, 6) is 0.427. The smallest absolute Gasteiger partial charge is 0.220 e. The van der Waals surface area contributed by atoms with Crippen LogP contribution in [0.25, 0.3) is 0 Å². The third-order valence-corrected chi connectivity index (χ3v) is 4.25. The number of benzene rings is 1. The van der Waals surface area contributed by atoms with E-state index in [0.29, 0.717) is 17.9 Å². The molecule has 1 aliphatic carbocycles. The van der Waals surface area contributed by atoms with Gasteiger partial charge in [-0.3, -0.25) is 9.59 Å². The second kappa shape index (κ2) is 7.54. The number of Topliss-reactive ketones (excluding diaryl/α,β-unsaturated/α-hetero) is 1. The normalized spacial score (nSPS) is 15.4. The van der Waals surface area contributed by atoms with Crippen molar-refractivity contribution in [3.8, 4) is 0 Å². The molecule has 4 heteroatoms. The number of aliphatic hydroxyl groups excluding tert-OH is 1. The summed E-state index contributed by atoms with van der Waals surface area (Å²) in [5, 5.41) is 12.0. The highest BCUT2D eigenvalue weighted by Gasteiger charge is 2.31. The number of carbonyl (C=O) groups excluding carboxylic acids is 2. The molecule has 1 fully saturated rings. The molecule has 0 spiro atoms. The largest absolute Gasteiger partial charge is 0.396 e. The SMILES string of the molecule is Cc1ccc(C)c(C(=O)CCC(=O)NC(CCO)C2CC2)c1. The summed E-state index contributed by atoms with van der Waals surface area (Å²) in [6.45, 7) is 3.96. The first-order valence-electron chi connectivity index (χ1n) is 8.02. The zero-order valence-electron chi connectivity index (χ0n) is 13.4. The second-order valence-electron chi connectivity index (χ2n) is 6.27. The van der Waals surface area contributed by atoms with Crippen LogP contribution in [0.5, 0.6) is 0 Å². The minimum atomic E-state index is -0.0935. The van der Waals surface area contributed by atoms with Gasteiger partial charge in [0.15, 0.2) is 5.78 Å². The average molecular weight is 303 g/mol. The lowest BCUT2D eigenvalue weighted by molar-refractivity contribution is -0.122. The molecule has 4 nitrogen and oxygen atoms in total. The Morgan fingerprint density at radius 2 is 2.00 bits per heavy atom. The van der Waals surface area contributed by atoms with E-state index in [0.717, 1.165) is 24.0 Å². The fraction of sp³-hybridized carbons (Fsp3) is 0.556. The van der Waals surface area contributed by atoms with Gasteiger partial charge < -0.3 is 10.4 Å². The zero-order chi connectivity index (χ0) is 16.1. The van der Waals surface area contributed by atoms with E-state index in [1.165, 1.54) is 0 Å².